The number of fused-ring (bicyclic) bond motifs is 2. The lowest BCUT2D eigenvalue weighted by Crippen LogP contribution is -2.26. The quantitative estimate of drug-likeness (QED) is 0.575. The van der Waals surface area contributed by atoms with Crippen molar-refractivity contribution in [3.05, 3.63) is 54.1 Å². The third-order valence-corrected chi connectivity index (χ3v) is 3.48. The average molecular weight is 308 g/mol. The van der Waals surface area contributed by atoms with Crippen LogP contribution < -0.4 is 5.32 Å². The van der Waals surface area contributed by atoms with Crippen LogP contribution in [-0.2, 0) is 6.42 Å². The Morgan fingerprint density at radius 2 is 2.04 bits per heavy atom. The van der Waals surface area contributed by atoms with Gasteiger partial charge < -0.3 is 5.32 Å². The van der Waals surface area contributed by atoms with Gasteiger partial charge in [-0.15, -0.1) is 15.3 Å². The Morgan fingerprint density at radius 1 is 1.09 bits per heavy atom. The van der Waals surface area contributed by atoms with Crippen molar-refractivity contribution in [1.29, 1.82) is 0 Å². The molecule has 0 aliphatic rings. The summed E-state index contributed by atoms with van der Waals surface area (Å²) in [5.74, 6) is 0.627. The van der Waals surface area contributed by atoms with E-state index in [2.05, 4.69) is 31.0 Å². The minimum Gasteiger partial charge on any atom is -0.352 e. The number of rotatable bonds is 4. The molecule has 1 amide bonds. The molecule has 114 valence electrons. The molecule has 0 saturated carbocycles. The second-order valence-electron chi connectivity index (χ2n) is 4.95. The van der Waals surface area contributed by atoms with Gasteiger partial charge in [-0.05, 0) is 34.7 Å². The van der Waals surface area contributed by atoms with E-state index in [-0.39, 0.29) is 5.91 Å². The highest BCUT2D eigenvalue weighted by Crippen LogP contribution is 2.05. The molecule has 0 aliphatic carbocycles. The van der Waals surface area contributed by atoms with Crippen LogP contribution in [0.5, 0.6) is 0 Å². The van der Waals surface area contributed by atoms with Crippen LogP contribution in [0.2, 0.25) is 0 Å². The maximum Gasteiger partial charge on any atom is 0.251 e. The minimum atomic E-state index is -0.177. The van der Waals surface area contributed by atoms with Gasteiger partial charge in [0.1, 0.15) is 5.82 Å². The van der Waals surface area contributed by atoms with Gasteiger partial charge in [-0.1, -0.05) is 6.07 Å². The van der Waals surface area contributed by atoms with Crippen molar-refractivity contribution in [2.24, 2.45) is 0 Å². The number of hydrogen-bond donors (Lipinski definition) is 1. The molecule has 0 unspecified atom stereocenters. The van der Waals surface area contributed by atoms with Crippen LogP contribution >= 0.6 is 0 Å². The Bertz CT molecular complexity index is 988. The molecule has 0 spiro atoms. The van der Waals surface area contributed by atoms with Gasteiger partial charge in [-0.2, -0.15) is 0 Å². The van der Waals surface area contributed by atoms with Gasteiger partial charge in [-0.3, -0.25) is 9.20 Å². The molecule has 9 nitrogen and oxygen atoms in total. The van der Waals surface area contributed by atoms with Crippen LogP contribution in [0.25, 0.3) is 11.3 Å². The first-order valence-corrected chi connectivity index (χ1v) is 7.06. The maximum atomic E-state index is 12.2. The van der Waals surface area contributed by atoms with Crippen molar-refractivity contribution in [2.45, 2.75) is 6.42 Å². The van der Waals surface area contributed by atoms with Crippen LogP contribution in [0.4, 0.5) is 0 Å². The standard InChI is InChI=1S/C14H12N8O/c23-14(10-5-8-22-13(9-10)18-19-20-22)15-6-4-12-17-16-11-3-1-2-7-21(11)12/h1-3,5,7-9H,4,6H2,(H,15,23). The number of nitrogens with one attached hydrogen (secondary N) is 1. The van der Waals surface area contributed by atoms with Crippen molar-refractivity contribution in [1.82, 2.24) is 40.0 Å². The SMILES string of the molecule is O=C(NCCc1nnc2ccccn12)c1ccn2nnnc2c1. The summed E-state index contributed by atoms with van der Waals surface area (Å²) in [5, 5.41) is 22.2. The van der Waals surface area contributed by atoms with E-state index < -0.39 is 0 Å². The fourth-order valence-corrected chi connectivity index (χ4v) is 2.33. The van der Waals surface area contributed by atoms with Crippen LogP contribution in [0.15, 0.2) is 42.7 Å². The van der Waals surface area contributed by atoms with Gasteiger partial charge in [-0.25, -0.2) is 4.52 Å². The van der Waals surface area contributed by atoms with Crippen molar-refractivity contribution < 1.29 is 4.79 Å². The molecule has 0 bridgehead atoms. The Balaban J connectivity index is 1.43. The molecular weight excluding hydrogens is 296 g/mol. The second kappa shape index (κ2) is 5.44. The van der Waals surface area contributed by atoms with Crippen molar-refractivity contribution >= 4 is 17.2 Å². The van der Waals surface area contributed by atoms with Gasteiger partial charge in [0, 0.05) is 30.9 Å². The fraction of sp³-hybridized carbons (Fsp3) is 0.143. The zero-order chi connectivity index (χ0) is 15.6. The fourth-order valence-electron chi connectivity index (χ4n) is 2.33. The minimum absolute atomic E-state index is 0.177. The van der Waals surface area contributed by atoms with E-state index in [1.165, 1.54) is 4.52 Å². The number of tetrazole rings is 1. The van der Waals surface area contributed by atoms with E-state index in [1.54, 1.807) is 18.3 Å². The summed E-state index contributed by atoms with van der Waals surface area (Å²) in [4.78, 5) is 12.2. The normalized spacial score (nSPS) is 11.1. The molecule has 0 fully saturated rings. The molecule has 0 saturated heterocycles. The number of hydrogen-bond acceptors (Lipinski definition) is 6. The van der Waals surface area contributed by atoms with Gasteiger partial charge in [0.2, 0.25) is 0 Å². The highest BCUT2D eigenvalue weighted by atomic mass is 16.1. The van der Waals surface area contributed by atoms with Gasteiger partial charge in [0.05, 0.1) is 0 Å². The molecule has 0 aromatic carbocycles. The molecule has 4 heterocycles. The molecule has 0 aliphatic heterocycles. The Labute approximate surface area is 130 Å². The van der Waals surface area contributed by atoms with Crippen molar-refractivity contribution in [2.75, 3.05) is 6.54 Å². The molecule has 0 radical (unpaired) electrons. The van der Waals surface area contributed by atoms with Gasteiger partial charge >= 0.3 is 0 Å². The highest BCUT2D eigenvalue weighted by Gasteiger charge is 2.09. The van der Waals surface area contributed by atoms with Crippen LogP contribution in [-0.4, -0.2) is 47.1 Å². The highest BCUT2D eigenvalue weighted by molar-refractivity contribution is 5.94. The lowest BCUT2D eigenvalue weighted by atomic mass is 10.2. The first kappa shape index (κ1) is 13.3. The lowest BCUT2D eigenvalue weighted by Gasteiger charge is -2.04. The third kappa shape index (κ3) is 2.48. The summed E-state index contributed by atoms with van der Waals surface area (Å²) in [6.07, 6.45) is 4.14. The van der Waals surface area contributed by atoms with Crippen LogP contribution in [0.3, 0.4) is 0 Å². The number of nitrogens with zero attached hydrogens (tertiary/aromatic N) is 7. The lowest BCUT2D eigenvalue weighted by molar-refractivity contribution is 0.0954. The van der Waals surface area contributed by atoms with Crippen LogP contribution in [0.1, 0.15) is 16.2 Å². The molecule has 23 heavy (non-hydrogen) atoms. The van der Waals surface area contributed by atoms with E-state index in [9.17, 15) is 4.79 Å². The zero-order valence-corrected chi connectivity index (χ0v) is 12.0. The molecule has 4 aromatic rings. The summed E-state index contributed by atoms with van der Waals surface area (Å²) in [6.45, 7) is 0.463. The molecule has 1 N–H and O–H groups in total. The Kier molecular flexibility index (Phi) is 3.15. The van der Waals surface area contributed by atoms with Gasteiger partial charge in [0.15, 0.2) is 11.3 Å². The van der Waals surface area contributed by atoms with Gasteiger partial charge in [0.25, 0.3) is 5.91 Å². The number of amides is 1. The summed E-state index contributed by atoms with van der Waals surface area (Å²) in [6, 6.07) is 9.02. The largest absolute Gasteiger partial charge is 0.352 e. The predicted molar refractivity (Wildman–Crippen MR) is 79.8 cm³/mol. The first-order valence-electron chi connectivity index (χ1n) is 7.06. The summed E-state index contributed by atoms with van der Waals surface area (Å²) in [7, 11) is 0. The predicted octanol–water partition coefficient (Wildman–Crippen LogP) is 0.139. The first-order chi connectivity index (χ1) is 11.3. The number of aromatic nitrogens is 7. The summed E-state index contributed by atoms with van der Waals surface area (Å²) < 4.78 is 3.40. The smallest absolute Gasteiger partial charge is 0.251 e. The zero-order valence-electron chi connectivity index (χ0n) is 12.0. The molecule has 0 atom stereocenters. The van der Waals surface area contributed by atoms with E-state index in [1.807, 2.05) is 28.8 Å². The maximum absolute atomic E-state index is 12.2. The summed E-state index contributed by atoms with van der Waals surface area (Å²) in [5.41, 5.74) is 1.83. The van der Waals surface area contributed by atoms with Crippen LogP contribution in [0, 0.1) is 0 Å². The molecule has 9 heteroatoms. The van der Waals surface area contributed by atoms with E-state index in [0.717, 1.165) is 11.5 Å². The Hall–Kier alpha value is -3.36. The van der Waals surface area contributed by atoms with E-state index in [4.69, 9.17) is 0 Å². The number of pyridine rings is 2. The summed E-state index contributed by atoms with van der Waals surface area (Å²) >= 11 is 0. The molecule has 4 aromatic heterocycles. The topological polar surface area (TPSA) is 102 Å². The number of carbonyl (C=O) groups is 1. The monoisotopic (exact) mass is 308 g/mol. The van der Waals surface area contributed by atoms with Crippen molar-refractivity contribution in [3.8, 4) is 0 Å². The Morgan fingerprint density at radius 3 is 3.00 bits per heavy atom. The van der Waals surface area contributed by atoms with E-state index in [0.29, 0.717) is 24.2 Å². The third-order valence-electron chi connectivity index (χ3n) is 3.48. The van der Waals surface area contributed by atoms with E-state index >= 15 is 0 Å². The van der Waals surface area contributed by atoms with Crippen molar-refractivity contribution in [3.63, 3.8) is 0 Å². The second-order valence-corrected chi connectivity index (χ2v) is 4.95. The molecular formula is C14H12N8O. The number of carbonyl (C=O) groups excluding carboxylic acids is 1. The molecule has 4 rings (SSSR count). The average Bonchev–Trinajstić information content (AvgIpc) is 3.21.